The van der Waals surface area contributed by atoms with Crippen molar-refractivity contribution in [1.29, 1.82) is 0 Å². The Balaban J connectivity index is 1.75. The van der Waals surface area contributed by atoms with Gasteiger partial charge >= 0.3 is 0 Å². The first-order valence-corrected chi connectivity index (χ1v) is 8.95. The molecule has 0 atom stereocenters. The van der Waals surface area contributed by atoms with Crippen molar-refractivity contribution in [1.82, 2.24) is 13.9 Å². The minimum atomic E-state index is -3.23. The van der Waals surface area contributed by atoms with Crippen LogP contribution in [0.3, 0.4) is 0 Å². The highest BCUT2D eigenvalue weighted by molar-refractivity contribution is 7.86. The zero-order valence-corrected chi connectivity index (χ0v) is 12.8. The molecule has 1 N–H and O–H groups in total. The molecule has 1 saturated heterocycles. The Morgan fingerprint density at radius 1 is 1.16 bits per heavy atom. The SMILES string of the molecule is CN(CCCNC1CC1)S(=O)(=O)N1CCCCCC1. The van der Waals surface area contributed by atoms with Crippen molar-refractivity contribution in [2.75, 3.05) is 33.2 Å². The predicted molar refractivity (Wildman–Crippen MR) is 77.2 cm³/mol. The molecule has 1 aliphatic heterocycles. The zero-order chi connectivity index (χ0) is 13.7. The van der Waals surface area contributed by atoms with Crippen LogP contribution in [0.5, 0.6) is 0 Å². The third-order valence-electron chi connectivity index (χ3n) is 3.95. The van der Waals surface area contributed by atoms with Gasteiger partial charge in [-0.05, 0) is 38.6 Å². The first kappa shape index (κ1) is 15.2. The third kappa shape index (κ3) is 4.70. The minimum Gasteiger partial charge on any atom is -0.314 e. The van der Waals surface area contributed by atoms with E-state index < -0.39 is 10.2 Å². The molecule has 0 radical (unpaired) electrons. The molecule has 0 aromatic carbocycles. The summed E-state index contributed by atoms with van der Waals surface area (Å²) in [6.07, 6.45) is 7.75. The first-order valence-electron chi connectivity index (χ1n) is 7.55. The molecule has 0 aromatic heterocycles. The van der Waals surface area contributed by atoms with Crippen molar-refractivity contribution in [3.8, 4) is 0 Å². The largest absolute Gasteiger partial charge is 0.314 e. The maximum Gasteiger partial charge on any atom is 0.281 e. The van der Waals surface area contributed by atoms with Crippen LogP contribution < -0.4 is 5.32 Å². The van der Waals surface area contributed by atoms with Gasteiger partial charge in [0.25, 0.3) is 10.2 Å². The van der Waals surface area contributed by atoms with Crippen LogP contribution in [-0.4, -0.2) is 56.3 Å². The summed E-state index contributed by atoms with van der Waals surface area (Å²) >= 11 is 0. The standard InChI is InChI=1S/C13H27N3O2S/c1-15(10-6-9-14-13-7-8-13)19(17,18)16-11-4-2-3-5-12-16/h13-14H,2-12H2,1H3. The van der Waals surface area contributed by atoms with E-state index in [4.69, 9.17) is 0 Å². The van der Waals surface area contributed by atoms with Gasteiger partial charge in [-0.2, -0.15) is 17.0 Å². The molecule has 1 aliphatic carbocycles. The lowest BCUT2D eigenvalue weighted by molar-refractivity contribution is 0.362. The van der Waals surface area contributed by atoms with Gasteiger partial charge in [-0.15, -0.1) is 0 Å². The zero-order valence-electron chi connectivity index (χ0n) is 12.0. The van der Waals surface area contributed by atoms with E-state index in [0.717, 1.165) is 38.6 Å². The summed E-state index contributed by atoms with van der Waals surface area (Å²) in [6, 6.07) is 0.701. The van der Waals surface area contributed by atoms with Crippen molar-refractivity contribution >= 4 is 10.2 Å². The fourth-order valence-electron chi connectivity index (χ4n) is 2.48. The van der Waals surface area contributed by atoms with Crippen LogP contribution in [-0.2, 0) is 10.2 Å². The average molecular weight is 289 g/mol. The number of hydrogen-bond donors (Lipinski definition) is 1. The van der Waals surface area contributed by atoms with Crippen LogP contribution >= 0.6 is 0 Å². The smallest absolute Gasteiger partial charge is 0.281 e. The lowest BCUT2D eigenvalue weighted by atomic mass is 10.2. The highest BCUT2D eigenvalue weighted by atomic mass is 32.2. The van der Waals surface area contributed by atoms with Crippen LogP contribution in [0.25, 0.3) is 0 Å². The second-order valence-corrected chi connectivity index (χ2v) is 7.76. The van der Waals surface area contributed by atoms with Crippen molar-refractivity contribution in [3.63, 3.8) is 0 Å². The van der Waals surface area contributed by atoms with Gasteiger partial charge in [-0.1, -0.05) is 12.8 Å². The van der Waals surface area contributed by atoms with E-state index in [2.05, 4.69) is 5.32 Å². The molecular weight excluding hydrogens is 262 g/mol. The Kier molecular flexibility index (Phi) is 5.62. The Morgan fingerprint density at radius 2 is 1.79 bits per heavy atom. The second kappa shape index (κ2) is 7.02. The number of rotatable bonds is 7. The third-order valence-corrected chi connectivity index (χ3v) is 5.93. The predicted octanol–water partition coefficient (Wildman–Crippen LogP) is 1.18. The molecule has 19 heavy (non-hydrogen) atoms. The Bertz CT molecular complexity index is 360. The van der Waals surface area contributed by atoms with Crippen LogP contribution in [0.2, 0.25) is 0 Å². The van der Waals surface area contributed by atoms with E-state index in [1.807, 2.05) is 0 Å². The topological polar surface area (TPSA) is 52.7 Å². The number of nitrogens with one attached hydrogen (secondary N) is 1. The van der Waals surface area contributed by atoms with Crippen LogP contribution in [0, 0.1) is 0 Å². The first-order chi connectivity index (χ1) is 9.10. The Labute approximate surface area is 117 Å². The maximum absolute atomic E-state index is 12.4. The molecule has 0 aromatic rings. The van der Waals surface area contributed by atoms with Gasteiger partial charge in [0.2, 0.25) is 0 Å². The van der Waals surface area contributed by atoms with Gasteiger partial charge in [0, 0.05) is 32.7 Å². The summed E-state index contributed by atoms with van der Waals surface area (Å²) in [4.78, 5) is 0. The number of nitrogens with zero attached hydrogens (tertiary/aromatic N) is 2. The lowest BCUT2D eigenvalue weighted by Crippen LogP contribution is -2.43. The molecule has 1 heterocycles. The van der Waals surface area contributed by atoms with E-state index in [0.29, 0.717) is 25.7 Å². The summed E-state index contributed by atoms with van der Waals surface area (Å²) in [5.41, 5.74) is 0. The number of hydrogen-bond acceptors (Lipinski definition) is 3. The summed E-state index contributed by atoms with van der Waals surface area (Å²) in [7, 11) is -1.53. The maximum atomic E-state index is 12.4. The average Bonchev–Trinajstić information content (AvgIpc) is 3.20. The highest BCUT2D eigenvalue weighted by Gasteiger charge is 2.27. The van der Waals surface area contributed by atoms with Crippen molar-refractivity contribution < 1.29 is 8.42 Å². The van der Waals surface area contributed by atoms with Gasteiger partial charge in [-0.3, -0.25) is 0 Å². The molecule has 0 unspecified atom stereocenters. The summed E-state index contributed by atoms with van der Waals surface area (Å²) < 4.78 is 28.0. The quantitative estimate of drug-likeness (QED) is 0.716. The normalized spacial score (nSPS) is 22.6. The molecule has 0 bridgehead atoms. The molecule has 5 nitrogen and oxygen atoms in total. The summed E-state index contributed by atoms with van der Waals surface area (Å²) in [6.45, 7) is 2.91. The van der Waals surface area contributed by atoms with Gasteiger partial charge in [0.1, 0.15) is 0 Å². The van der Waals surface area contributed by atoms with Gasteiger partial charge in [0.15, 0.2) is 0 Å². The van der Waals surface area contributed by atoms with Gasteiger partial charge in [-0.25, -0.2) is 0 Å². The Hall–Kier alpha value is -0.170. The van der Waals surface area contributed by atoms with E-state index >= 15 is 0 Å². The molecule has 0 spiro atoms. The van der Waals surface area contributed by atoms with Crippen molar-refractivity contribution in [2.24, 2.45) is 0 Å². The van der Waals surface area contributed by atoms with E-state index in [9.17, 15) is 8.42 Å². The molecule has 2 fully saturated rings. The van der Waals surface area contributed by atoms with Crippen molar-refractivity contribution in [3.05, 3.63) is 0 Å². The summed E-state index contributed by atoms with van der Waals surface area (Å²) in [5, 5.41) is 3.42. The van der Waals surface area contributed by atoms with Crippen LogP contribution in [0.15, 0.2) is 0 Å². The molecular formula is C13H27N3O2S. The van der Waals surface area contributed by atoms with Gasteiger partial charge in [0.05, 0.1) is 0 Å². The molecule has 6 heteroatoms. The fraction of sp³-hybridized carbons (Fsp3) is 1.00. The Morgan fingerprint density at radius 3 is 2.37 bits per heavy atom. The van der Waals surface area contributed by atoms with Crippen LogP contribution in [0.4, 0.5) is 0 Å². The highest BCUT2D eigenvalue weighted by Crippen LogP contribution is 2.18. The molecule has 0 amide bonds. The second-order valence-electron chi connectivity index (χ2n) is 5.72. The molecule has 2 aliphatic rings. The minimum absolute atomic E-state index is 0.610. The van der Waals surface area contributed by atoms with E-state index in [1.165, 1.54) is 17.1 Å². The molecule has 1 saturated carbocycles. The van der Waals surface area contributed by atoms with Gasteiger partial charge < -0.3 is 5.32 Å². The monoisotopic (exact) mass is 289 g/mol. The summed E-state index contributed by atoms with van der Waals surface area (Å²) in [5.74, 6) is 0. The fourth-order valence-corrected chi connectivity index (χ4v) is 3.95. The van der Waals surface area contributed by atoms with Crippen molar-refractivity contribution in [2.45, 2.75) is 51.0 Å². The molecule has 112 valence electrons. The molecule has 2 rings (SSSR count). The van der Waals surface area contributed by atoms with E-state index in [-0.39, 0.29) is 0 Å². The lowest BCUT2D eigenvalue weighted by Gasteiger charge is -2.26. The van der Waals surface area contributed by atoms with Crippen LogP contribution in [0.1, 0.15) is 44.9 Å². The van der Waals surface area contributed by atoms with E-state index in [1.54, 1.807) is 11.4 Å².